The molecule has 0 radical (unpaired) electrons. The second-order valence-electron chi connectivity index (χ2n) is 11.3. The minimum atomic E-state index is -0.254. The topological polar surface area (TPSA) is 96.7 Å². The lowest BCUT2D eigenvalue weighted by molar-refractivity contribution is -0.122. The molecule has 8 heteroatoms. The molecule has 0 saturated heterocycles. The number of rotatable bonds is 13. The summed E-state index contributed by atoms with van der Waals surface area (Å²) in [5.41, 5.74) is 9.70. The molecule has 2 amide bonds. The number of hydrogen-bond donors (Lipinski definition) is 3. The van der Waals surface area contributed by atoms with Gasteiger partial charge in [-0.25, -0.2) is 0 Å². The SMILES string of the molecule is CCN(Cc1cc(C(=O)NCCCCNC(=O)C(C)c2ccc3cc(OC)ccc3c2)cc(Br)c1N)C1CCCCC1. The standard InChI is InChI=1S/C34H45BrN4O3/c1-4-39(29-10-6-5-7-11-29)22-28-19-27(21-31(35)32(28)36)34(41)38-17-9-8-16-37-33(40)23(2)24-12-13-26-20-30(42-3)15-14-25(26)18-24/h12-15,18-21,23,29H,4-11,16-17,22,36H2,1-3H3,(H,37,40)(H,38,41). The van der Waals surface area contributed by atoms with Crippen molar-refractivity contribution in [1.82, 2.24) is 15.5 Å². The van der Waals surface area contributed by atoms with Gasteiger partial charge >= 0.3 is 0 Å². The Labute approximate surface area is 258 Å². The van der Waals surface area contributed by atoms with E-state index in [0.717, 1.165) is 58.1 Å². The summed E-state index contributed by atoms with van der Waals surface area (Å²) in [7, 11) is 1.66. The largest absolute Gasteiger partial charge is 0.497 e. The number of nitrogen functional groups attached to an aromatic ring is 1. The first-order valence-corrected chi connectivity index (χ1v) is 16.1. The van der Waals surface area contributed by atoms with Crippen molar-refractivity contribution in [3.8, 4) is 5.75 Å². The van der Waals surface area contributed by atoms with Gasteiger partial charge in [0.1, 0.15) is 5.75 Å². The number of nitrogens with one attached hydrogen (secondary N) is 2. The zero-order chi connectivity index (χ0) is 30.1. The Morgan fingerprint density at radius 3 is 2.40 bits per heavy atom. The maximum atomic E-state index is 13.0. The molecule has 0 heterocycles. The molecule has 0 aliphatic heterocycles. The molecule has 1 aliphatic rings. The first-order chi connectivity index (χ1) is 20.3. The summed E-state index contributed by atoms with van der Waals surface area (Å²) in [6.45, 7) is 6.94. The fourth-order valence-electron chi connectivity index (χ4n) is 5.81. The zero-order valence-corrected chi connectivity index (χ0v) is 26.8. The first-order valence-electron chi connectivity index (χ1n) is 15.3. The molecule has 226 valence electrons. The Kier molecular flexibility index (Phi) is 11.7. The van der Waals surface area contributed by atoms with Crippen LogP contribution in [0, 0.1) is 0 Å². The third kappa shape index (κ3) is 8.26. The van der Waals surface area contributed by atoms with Gasteiger partial charge in [0, 0.05) is 35.7 Å². The second kappa shape index (κ2) is 15.4. The van der Waals surface area contributed by atoms with E-state index in [1.807, 2.05) is 43.3 Å². The van der Waals surface area contributed by atoms with Gasteiger partial charge in [-0.1, -0.05) is 50.5 Å². The van der Waals surface area contributed by atoms with E-state index >= 15 is 0 Å². The van der Waals surface area contributed by atoms with Gasteiger partial charge in [0.15, 0.2) is 0 Å². The third-order valence-corrected chi connectivity index (χ3v) is 9.16. The minimum absolute atomic E-state index is 0.000464. The summed E-state index contributed by atoms with van der Waals surface area (Å²) in [5.74, 6) is 0.456. The number of nitrogens with zero attached hydrogens (tertiary/aromatic N) is 1. The number of anilines is 1. The highest BCUT2D eigenvalue weighted by molar-refractivity contribution is 9.10. The molecule has 1 saturated carbocycles. The van der Waals surface area contributed by atoms with Crippen LogP contribution in [0.3, 0.4) is 0 Å². The molecular formula is C34H45BrN4O3. The molecule has 0 bridgehead atoms. The van der Waals surface area contributed by atoms with Gasteiger partial charge in [-0.2, -0.15) is 0 Å². The number of hydrogen-bond acceptors (Lipinski definition) is 5. The predicted molar refractivity (Wildman–Crippen MR) is 175 cm³/mol. The molecule has 4 N–H and O–H groups in total. The molecule has 0 aromatic heterocycles. The molecule has 3 aromatic rings. The summed E-state index contributed by atoms with van der Waals surface area (Å²) >= 11 is 3.57. The van der Waals surface area contributed by atoms with E-state index in [2.05, 4.69) is 44.5 Å². The molecule has 7 nitrogen and oxygen atoms in total. The van der Waals surface area contributed by atoms with E-state index in [1.165, 1.54) is 32.1 Å². The summed E-state index contributed by atoms with van der Waals surface area (Å²) in [4.78, 5) is 28.2. The van der Waals surface area contributed by atoms with Crippen LogP contribution in [0.4, 0.5) is 5.69 Å². The van der Waals surface area contributed by atoms with Crippen molar-refractivity contribution in [1.29, 1.82) is 0 Å². The Morgan fingerprint density at radius 2 is 1.69 bits per heavy atom. The number of fused-ring (bicyclic) bond motifs is 1. The first kappa shape index (κ1) is 31.8. The van der Waals surface area contributed by atoms with Crippen molar-refractivity contribution in [3.63, 3.8) is 0 Å². The quantitative estimate of drug-likeness (QED) is 0.142. The second-order valence-corrected chi connectivity index (χ2v) is 12.2. The van der Waals surface area contributed by atoms with Crippen molar-refractivity contribution in [2.75, 3.05) is 32.5 Å². The van der Waals surface area contributed by atoms with Crippen LogP contribution in [0.1, 0.15) is 86.2 Å². The number of unbranched alkanes of at least 4 members (excludes halogenated alkanes) is 1. The molecule has 1 aliphatic carbocycles. The Hall–Kier alpha value is -3.10. The predicted octanol–water partition coefficient (Wildman–Crippen LogP) is 6.78. The highest BCUT2D eigenvalue weighted by Gasteiger charge is 2.22. The third-order valence-electron chi connectivity index (χ3n) is 8.50. The molecular weight excluding hydrogens is 592 g/mol. The van der Waals surface area contributed by atoms with Gasteiger partial charge in [0.05, 0.1) is 18.7 Å². The Balaban J connectivity index is 1.22. The van der Waals surface area contributed by atoms with E-state index in [1.54, 1.807) is 13.2 Å². The smallest absolute Gasteiger partial charge is 0.251 e. The molecule has 1 unspecified atom stereocenters. The van der Waals surface area contributed by atoms with E-state index in [9.17, 15) is 9.59 Å². The van der Waals surface area contributed by atoms with Crippen LogP contribution in [0.15, 0.2) is 53.0 Å². The fourth-order valence-corrected chi connectivity index (χ4v) is 6.31. The van der Waals surface area contributed by atoms with E-state index in [0.29, 0.717) is 30.4 Å². The van der Waals surface area contributed by atoms with E-state index < -0.39 is 0 Å². The fraction of sp³-hybridized carbons (Fsp3) is 0.471. The van der Waals surface area contributed by atoms with Gasteiger partial charge in [-0.15, -0.1) is 0 Å². The average Bonchev–Trinajstić information content (AvgIpc) is 3.02. The summed E-state index contributed by atoms with van der Waals surface area (Å²) in [5, 5.41) is 8.23. The number of amides is 2. The molecule has 0 spiro atoms. The van der Waals surface area contributed by atoms with Crippen molar-refractivity contribution in [3.05, 3.63) is 69.7 Å². The lowest BCUT2D eigenvalue weighted by atomic mass is 9.93. The van der Waals surface area contributed by atoms with Crippen molar-refractivity contribution < 1.29 is 14.3 Å². The zero-order valence-electron chi connectivity index (χ0n) is 25.2. The lowest BCUT2D eigenvalue weighted by Crippen LogP contribution is -2.36. The normalized spacial score (nSPS) is 14.6. The van der Waals surface area contributed by atoms with Gasteiger partial charge in [0.2, 0.25) is 5.91 Å². The molecule has 1 fully saturated rings. The number of benzene rings is 3. The highest BCUT2D eigenvalue weighted by atomic mass is 79.9. The van der Waals surface area contributed by atoms with E-state index in [-0.39, 0.29) is 17.7 Å². The monoisotopic (exact) mass is 636 g/mol. The highest BCUT2D eigenvalue weighted by Crippen LogP contribution is 2.30. The lowest BCUT2D eigenvalue weighted by Gasteiger charge is -2.34. The molecule has 4 rings (SSSR count). The maximum Gasteiger partial charge on any atom is 0.251 e. The van der Waals surface area contributed by atoms with E-state index in [4.69, 9.17) is 10.5 Å². The Morgan fingerprint density at radius 1 is 1.00 bits per heavy atom. The summed E-state index contributed by atoms with van der Waals surface area (Å²) in [6.07, 6.45) is 7.90. The molecule has 1 atom stereocenters. The molecule has 42 heavy (non-hydrogen) atoms. The van der Waals surface area contributed by atoms with Gasteiger partial charge in [-0.3, -0.25) is 14.5 Å². The van der Waals surface area contributed by atoms with Crippen LogP contribution >= 0.6 is 15.9 Å². The van der Waals surface area contributed by atoms with Crippen LogP contribution < -0.4 is 21.1 Å². The minimum Gasteiger partial charge on any atom is -0.497 e. The van der Waals surface area contributed by atoms with Crippen LogP contribution in [0.2, 0.25) is 0 Å². The number of carbonyl (C=O) groups is 2. The van der Waals surface area contributed by atoms with Crippen molar-refractivity contribution in [2.24, 2.45) is 0 Å². The van der Waals surface area contributed by atoms with Gasteiger partial charge in [0.25, 0.3) is 5.91 Å². The number of halogens is 1. The van der Waals surface area contributed by atoms with Crippen LogP contribution in [0.25, 0.3) is 10.8 Å². The number of methoxy groups -OCH3 is 1. The summed E-state index contributed by atoms with van der Waals surface area (Å²) < 4.78 is 6.06. The van der Waals surface area contributed by atoms with Gasteiger partial charge < -0.3 is 21.1 Å². The number of ether oxygens (including phenoxy) is 1. The summed E-state index contributed by atoms with van der Waals surface area (Å²) in [6, 6.07) is 16.3. The maximum absolute atomic E-state index is 13.0. The average molecular weight is 638 g/mol. The van der Waals surface area contributed by atoms with Crippen LogP contribution in [0.5, 0.6) is 5.75 Å². The Bertz CT molecular complexity index is 1370. The van der Waals surface area contributed by atoms with Gasteiger partial charge in [-0.05, 0) is 101 Å². The van der Waals surface area contributed by atoms with Crippen LogP contribution in [-0.2, 0) is 11.3 Å². The number of nitrogens with two attached hydrogens (primary N) is 1. The van der Waals surface area contributed by atoms with Crippen molar-refractivity contribution >= 4 is 44.2 Å². The number of carbonyl (C=O) groups excluding carboxylic acids is 2. The molecule has 3 aromatic carbocycles. The van der Waals surface area contributed by atoms with Crippen LogP contribution in [-0.4, -0.2) is 49.5 Å². The van der Waals surface area contributed by atoms with Crippen molar-refractivity contribution in [2.45, 2.75) is 77.3 Å².